The third-order valence-corrected chi connectivity index (χ3v) is 5.78. The molecule has 132 valence electrons. The number of azide groups is 1. The van der Waals surface area contributed by atoms with Crippen molar-refractivity contribution in [3.63, 3.8) is 0 Å². The molecule has 2 aromatic carbocycles. The summed E-state index contributed by atoms with van der Waals surface area (Å²) in [6, 6.07) is 15.3. The van der Waals surface area contributed by atoms with Gasteiger partial charge in [0.2, 0.25) is 10.0 Å². The fourth-order valence-corrected chi connectivity index (χ4v) is 3.58. The zero-order chi connectivity index (χ0) is 18.3. The number of sulfonamides is 1. The molecular weight excluding hydrogens is 364 g/mol. The van der Waals surface area contributed by atoms with Crippen LogP contribution in [0.25, 0.3) is 10.4 Å². The third-order valence-electron chi connectivity index (χ3n) is 3.53. The number of halogens is 1. The molecule has 0 radical (unpaired) electrons. The van der Waals surface area contributed by atoms with E-state index in [2.05, 4.69) is 10.0 Å². The van der Waals surface area contributed by atoms with E-state index in [1.165, 1.54) is 24.3 Å². The molecular formula is C16H17ClN4O3S. The first kappa shape index (κ1) is 19.1. The quantitative estimate of drug-likeness (QED) is 0.327. The van der Waals surface area contributed by atoms with Gasteiger partial charge >= 0.3 is 0 Å². The highest BCUT2D eigenvalue weighted by atomic mass is 35.5. The van der Waals surface area contributed by atoms with Gasteiger partial charge in [-0.3, -0.25) is 0 Å². The van der Waals surface area contributed by atoms with Gasteiger partial charge in [-0.1, -0.05) is 47.6 Å². The Hall–Kier alpha value is -2.25. The van der Waals surface area contributed by atoms with Crippen molar-refractivity contribution in [3.05, 3.63) is 76.2 Å². The number of aryl methyl sites for hydroxylation is 1. The second-order valence-corrected chi connectivity index (χ2v) is 7.76. The van der Waals surface area contributed by atoms with Crippen molar-refractivity contribution in [1.29, 1.82) is 0 Å². The van der Waals surface area contributed by atoms with Crippen LogP contribution in [0.1, 0.15) is 17.2 Å². The topological polar surface area (TPSA) is 106 Å². The highest BCUT2D eigenvalue weighted by Gasteiger charge is 2.21. The SMILES string of the molecule is [N-]=[N+]=NC[C@H](O)c1ccc(N(Cl)S(=O)(=O)CCc2ccccc2)cc1. The molecule has 0 amide bonds. The van der Waals surface area contributed by atoms with Gasteiger partial charge in [-0.2, -0.15) is 3.82 Å². The summed E-state index contributed by atoms with van der Waals surface area (Å²) >= 11 is 6.00. The van der Waals surface area contributed by atoms with E-state index in [0.717, 1.165) is 5.56 Å². The monoisotopic (exact) mass is 380 g/mol. The van der Waals surface area contributed by atoms with E-state index in [1.54, 1.807) is 0 Å². The summed E-state index contributed by atoms with van der Waals surface area (Å²) in [5.41, 5.74) is 9.94. The van der Waals surface area contributed by atoms with E-state index in [1.807, 2.05) is 30.3 Å². The minimum Gasteiger partial charge on any atom is -0.388 e. The highest BCUT2D eigenvalue weighted by Crippen LogP contribution is 2.24. The van der Waals surface area contributed by atoms with Gasteiger partial charge in [0.1, 0.15) is 0 Å². The molecule has 9 heteroatoms. The van der Waals surface area contributed by atoms with Crippen molar-refractivity contribution in [3.8, 4) is 0 Å². The molecule has 0 aliphatic heterocycles. The van der Waals surface area contributed by atoms with Gasteiger partial charge in [0.05, 0.1) is 24.1 Å². The molecule has 1 N–H and O–H groups in total. The Balaban J connectivity index is 2.05. The van der Waals surface area contributed by atoms with Crippen molar-refractivity contribution in [2.45, 2.75) is 12.5 Å². The van der Waals surface area contributed by atoms with Crippen LogP contribution in [-0.4, -0.2) is 25.8 Å². The average molecular weight is 381 g/mol. The fraction of sp³-hybridized carbons (Fsp3) is 0.250. The summed E-state index contributed by atoms with van der Waals surface area (Å²) in [6.07, 6.45) is -0.599. The molecule has 0 spiro atoms. The normalized spacial score (nSPS) is 12.2. The maximum Gasteiger partial charge on any atom is 0.249 e. The van der Waals surface area contributed by atoms with Crippen LogP contribution in [0.3, 0.4) is 0 Å². The summed E-state index contributed by atoms with van der Waals surface area (Å²) in [6.45, 7) is -0.101. The molecule has 0 aromatic heterocycles. The molecule has 0 aliphatic rings. The first-order valence-electron chi connectivity index (χ1n) is 7.45. The number of anilines is 1. The number of aliphatic hydroxyl groups is 1. The maximum atomic E-state index is 12.4. The van der Waals surface area contributed by atoms with Crippen LogP contribution in [0.4, 0.5) is 5.69 Å². The molecule has 0 heterocycles. The Labute approximate surface area is 151 Å². The van der Waals surface area contributed by atoms with Gasteiger partial charge in [0.25, 0.3) is 0 Å². The molecule has 0 aliphatic carbocycles. The molecule has 7 nitrogen and oxygen atoms in total. The molecule has 0 saturated carbocycles. The number of hydrogen-bond donors (Lipinski definition) is 1. The van der Waals surface area contributed by atoms with Gasteiger partial charge in [-0.15, -0.1) is 0 Å². The lowest BCUT2D eigenvalue weighted by Gasteiger charge is -2.17. The Kier molecular flexibility index (Phi) is 6.66. The number of rotatable bonds is 8. The van der Waals surface area contributed by atoms with Crippen molar-refractivity contribution in [2.24, 2.45) is 5.11 Å². The molecule has 0 unspecified atom stereocenters. The predicted octanol–water partition coefficient (Wildman–Crippen LogP) is 3.56. The number of nitrogens with zero attached hydrogens (tertiary/aromatic N) is 4. The van der Waals surface area contributed by atoms with Crippen molar-refractivity contribution >= 4 is 27.5 Å². The minimum atomic E-state index is -3.69. The second kappa shape index (κ2) is 8.73. The van der Waals surface area contributed by atoms with Crippen molar-refractivity contribution < 1.29 is 13.5 Å². The van der Waals surface area contributed by atoms with Crippen LogP contribution in [0.5, 0.6) is 0 Å². The molecule has 2 aromatic rings. The summed E-state index contributed by atoms with van der Waals surface area (Å²) < 4.78 is 25.4. The Morgan fingerprint density at radius 1 is 1.16 bits per heavy atom. The van der Waals surface area contributed by atoms with E-state index in [0.29, 0.717) is 15.8 Å². The summed E-state index contributed by atoms with van der Waals surface area (Å²) in [7, 11) is -3.69. The minimum absolute atomic E-state index is 0.101. The van der Waals surface area contributed by atoms with Crippen LogP contribution in [0.2, 0.25) is 0 Å². The van der Waals surface area contributed by atoms with E-state index >= 15 is 0 Å². The highest BCUT2D eigenvalue weighted by molar-refractivity contribution is 7.94. The third kappa shape index (κ3) is 5.37. The zero-order valence-electron chi connectivity index (χ0n) is 13.2. The first-order valence-corrected chi connectivity index (χ1v) is 9.40. The van der Waals surface area contributed by atoms with Gasteiger partial charge in [-0.25, -0.2) is 8.42 Å². The van der Waals surface area contributed by atoms with E-state index in [4.69, 9.17) is 17.3 Å². The number of hydrogen-bond acceptors (Lipinski definition) is 4. The van der Waals surface area contributed by atoms with Gasteiger partial charge in [-0.05, 0) is 35.2 Å². The van der Waals surface area contributed by atoms with Crippen molar-refractivity contribution in [1.82, 2.24) is 0 Å². The van der Waals surface area contributed by atoms with Gasteiger partial charge in [0, 0.05) is 16.7 Å². The fourth-order valence-electron chi connectivity index (χ4n) is 2.17. The summed E-state index contributed by atoms with van der Waals surface area (Å²) in [5.74, 6) is -0.123. The van der Waals surface area contributed by atoms with E-state index < -0.39 is 16.1 Å². The second-order valence-electron chi connectivity index (χ2n) is 5.29. The van der Waals surface area contributed by atoms with Crippen LogP contribution in [-0.2, 0) is 16.4 Å². The summed E-state index contributed by atoms with van der Waals surface area (Å²) in [4.78, 5) is 2.58. The van der Waals surface area contributed by atoms with Crippen LogP contribution >= 0.6 is 11.8 Å². The lowest BCUT2D eigenvalue weighted by Crippen LogP contribution is -2.25. The van der Waals surface area contributed by atoms with Gasteiger partial charge in [0.15, 0.2) is 0 Å². The van der Waals surface area contributed by atoms with Crippen molar-refractivity contribution in [2.75, 3.05) is 16.1 Å². The number of benzene rings is 2. The Morgan fingerprint density at radius 2 is 1.80 bits per heavy atom. The standard InChI is InChI=1S/C16H17ClN4O3S/c17-21(25(23,24)11-10-13-4-2-1-3-5-13)15-8-6-14(7-9-15)16(22)12-19-20-18/h1-9,16,22H,10-12H2/t16-/m0/s1. The van der Waals surface area contributed by atoms with Crippen LogP contribution in [0, 0.1) is 0 Å². The largest absolute Gasteiger partial charge is 0.388 e. The van der Waals surface area contributed by atoms with E-state index in [9.17, 15) is 13.5 Å². The Bertz CT molecular complexity index is 837. The predicted molar refractivity (Wildman–Crippen MR) is 97.7 cm³/mol. The zero-order valence-corrected chi connectivity index (χ0v) is 14.8. The summed E-state index contributed by atoms with van der Waals surface area (Å²) in [5, 5.41) is 13.1. The molecule has 0 saturated heterocycles. The average Bonchev–Trinajstić information content (AvgIpc) is 2.65. The van der Waals surface area contributed by atoms with E-state index in [-0.39, 0.29) is 18.0 Å². The lowest BCUT2D eigenvalue weighted by atomic mass is 10.1. The smallest absolute Gasteiger partial charge is 0.249 e. The Morgan fingerprint density at radius 3 is 2.40 bits per heavy atom. The number of aliphatic hydroxyl groups excluding tert-OH is 1. The maximum absolute atomic E-state index is 12.4. The van der Waals surface area contributed by atoms with Crippen LogP contribution in [0.15, 0.2) is 59.7 Å². The molecule has 1 atom stereocenters. The first-order chi connectivity index (χ1) is 11.9. The molecule has 0 bridgehead atoms. The lowest BCUT2D eigenvalue weighted by molar-refractivity contribution is 0.187. The van der Waals surface area contributed by atoms with Gasteiger partial charge < -0.3 is 5.11 Å². The van der Waals surface area contributed by atoms with Crippen LogP contribution < -0.4 is 3.82 Å². The molecule has 2 rings (SSSR count). The molecule has 25 heavy (non-hydrogen) atoms. The molecule has 0 fully saturated rings.